The topological polar surface area (TPSA) is 86.5 Å². The second-order valence-electron chi connectivity index (χ2n) is 4.49. The Bertz CT molecular complexity index is 659. The fourth-order valence-corrected chi connectivity index (χ4v) is 1.96. The first-order valence-electron chi connectivity index (χ1n) is 6.95. The molecule has 116 valence electrons. The average molecular weight is 301 g/mol. The van der Waals surface area contributed by atoms with Crippen LogP contribution in [-0.2, 0) is 6.54 Å². The first-order chi connectivity index (χ1) is 10.7. The number of nitrogens with zero attached hydrogens (tertiary/aromatic N) is 1. The van der Waals surface area contributed by atoms with Crippen LogP contribution in [0.15, 0.2) is 36.5 Å². The van der Waals surface area contributed by atoms with E-state index in [1.807, 2.05) is 6.92 Å². The molecule has 0 bridgehead atoms. The van der Waals surface area contributed by atoms with E-state index in [1.165, 1.54) is 0 Å². The second kappa shape index (κ2) is 7.42. The summed E-state index contributed by atoms with van der Waals surface area (Å²) >= 11 is 0. The van der Waals surface area contributed by atoms with Crippen molar-refractivity contribution in [1.29, 1.82) is 0 Å². The second-order valence-corrected chi connectivity index (χ2v) is 4.49. The predicted octanol–water partition coefficient (Wildman–Crippen LogP) is 2.20. The number of pyridine rings is 1. The van der Waals surface area contributed by atoms with E-state index in [9.17, 15) is 4.79 Å². The van der Waals surface area contributed by atoms with Gasteiger partial charge in [-0.3, -0.25) is 9.78 Å². The summed E-state index contributed by atoms with van der Waals surface area (Å²) in [6.45, 7) is 2.69. The molecule has 0 saturated heterocycles. The predicted molar refractivity (Wildman–Crippen MR) is 84.2 cm³/mol. The molecule has 0 saturated carbocycles. The van der Waals surface area contributed by atoms with Gasteiger partial charge in [-0.2, -0.15) is 0 Å². The van der Waals surface area contributed by atoms with Gasteiger partial charge in [0, 0.05) is 30.1 Å². The molecule has 0 unspecified atom stereocenters. The molecule has 0 atom stereocenters. The first kappa shape index (κ1) is 15.8. The summed E-state index contributed by atoms with van der Waals surface area (Å²) in [6, 6.07) is 8.54. The van der Waals surface area contributed by atoms with E-state index < -0.39 is 0 Å². The highest BCUT2D eigenvalue weighted by molar-refractivity contribution is 6.04. The van der Waals surface area contributed by atoms with E-state index >= 15 is 0 Å². The highest BCUT2D eigenvalue weighted by Crippen LogP contribution is 2.30. The number of rotatable bonds is 6. The number of ether oxygens (including phenoxy) is 2. The van der Waals surface area contributed by atoms with Gasteiger partial charge >= 0.3 is 0 Å². The van der Waals surface area contributed by atoms with Crippen molar-refractivity contribution in [2.45, 2.75) is 13.5 Å². The van der Waals surface area contributed by atoms with Crippen LogP contribution in [0.25, 0.3) is 0 Å². The molecule has 0 radical (unpaired) electrons. The molecule has 1 heterocycles. The maximum Gasteiger partial charge on any atom is 0.255 e. The fourth-order valence-electron chi connectivity index (χ4n) is 1.96. The maximum atomic E-state index is 12.3. The standard InChI is InChI=1S/C16H19N3O3/c1-3-22-15-9-12(4-5-14(15)21-2)19-16(20)11-6-7-18-13(8-11)10-17/h4-9H,3,10,17H2,1-2H3,(H,19,20). The largest absolute Gasteiger partial charge is 0.493 e. The third-order valence-electron chi connectivity index (χ3n) is 3.01. The number of hydrogen-bond donors (Lipinski definition) is 2. The van der Waals surface area contributed by atoms with Gasteiger partial charge in [0.2, 0.25) is 0 Å². The summed E-state index contributed by atoms with van der Waals surface area (Å²) in [5.74, 6) is 0.971. The van der Waals surface area contributed by atoms with Gasteiger partial charge in [-0.15, -0.1) is 0 Å². The Kier molecular flexibility index (Phi) is 5.32. The summed E-state index contributed by atoms with van der Waals surface area (Å²) in [5, 5.41) is 2.82. The van der Waals surface area contributed by atoms with Crippen LogP contribution in [0.4, 0.5) is 5.69 Å². The lowest BCUT2D eigenvalue weighted by atomic mass is 10.2. The van der Waals surface area contributed by atoms with Gasteiger partial charge in [-0.05, 0) is 31.2 Å². The van der Waals surface area contributed by atoms with Crippen LogP contribution in [0, 0.1) is 0 Å². The highest BCUT2D eigenvalue weighted by Gasteiger charge is 2.10. The molecule has 6 heteroatoms. The van der Waals surface area contributed by atoms with Crippen LogP contribution < -0.4 is 20.5 Å². The quantitative estimate of drug-likeness (QED) is 0.854. The van der Waals surface area contributed by atoms with Crippen molar-refractivity contribution >= 4 is 11.6 Å². The summed E-state index contributed by atoms with van der Waals surface area (Å²) in [6.07, 6.45) is 1.57. The molecule has 1 aromatic carbocycles. The molecule has 0 aliphatic heterocycles. The normalized spacial score (nSPS) is 10.1. The molecule has 0 aliphatic rings. The van der Waals surface area contributed by atoms with Crippen molar-refractivity contribution in [3.63, 3.8) is 0 Å². The molecular weight excluding hydrogens is 282 g/mol. The van der Waals surface area contributed by atoms with E-state index in [-0.39, 0.29) is 12.5 Å². The lowest BCUT2D eigenvalue weighted by molar-refractivity contribution is 0.102. The number of aromatic nitrogens is 1. The monoisotopic (exact) mass is 301 g/mol. The van der Waals surface area contributed by atoms with Crippen molar-refractivity contribution in [2.24, 2.45) is 5.73 Å². The van der Waals surface area contributed by atoms with Gasteiger partial charge in [0.1, 0.15) is 0 Å². The number of carbonyl (C=O) groups is 1. The smallest absolute Gasteiger partial charge is 0.255 e. The number of anilines is 1. The zero-order chi connectivity index (χ0) is 15.9. The fraction of sp³-hybridized carbons (Fsp3) is 0.250. The highest BCUT2D eigenvalue weighted by atomic mass is 16.5. The van der Waals surface area contributed by atoms with E-state index in [1.54, 1.807) is 43.6 Å². The Balaban J connectivity index is 2.18. The van der Waals surface area contributed by atoms with E-state index in [0.29, 0.717) is 35.1 Å². The SMILES string of the molecule is CCOc1cc(NC(=O)c2ccnc(CN)c2)ccc1OC. The van der Waals surface area contributed by atoms with Crippen LogP contribution in [0.1, 0.15) is 23.0 Å². The summed E-state index contributed by atoms with van der Waals surface area (Å²) < 4.78 is 10.7. The minimum absolute atomic E-state index is 0.232. The van der Waals surface area contributed by atoms with Gasteiger partial charge in [0.15, 0.2) is 11.5 Å². The number of hydrogen-bond acceptors (Lipinski definition) is 5. The van der Waals surface area contributed by atoms with Gasteiger partial charge in [-0.25, -0.2) is 0 Å². The number of amides is 1. The number of benzene rings is 1. The average Bonchev–Trinajstić information content (AvgIpc) is 2.55. The van der Waals surface area contributed by atoms with Crippen LogP contribution in [0.3, 0.4) is 0 Å². The first-order valence-corrected chi connectivity index (χ1v) is 6.95. The minimum atomic E-state index is -0.232. The van der Waals surface area contributed by atoms with Crippen molar-refractivity contribution in [3.05, 3.63) is 47.8 Å². The van der Waals surface area contributed by atoms with E-state index in [4.69, 9.17) is 15.2 Å². The third kappa shape index (κ3) is 3.73. The van der Waals surface area contributed by atoms with Crippen LogP contribution in [-0.4, -0.2) is 24.6 Å². The van der Waals surface area contributed by atoms with Crippen LogP contribution in [0.5, 0.6) is 11.5 Å². The van der Waals surface area contributed by atoms with Crippen molar-refractivity contribution < 1.29 is 14.3 Å². The minimum Gasteiger partial charge on any atom is -0.493 e. The Hall–Kier alpha value is -2.60. The maximum absolute atomic E-state index is 12.3. The molecule has 1 aromatic heterocycles. The Morgan fingerprint density at radius 2 is 2.09 bits per heavy atom. The Morgan fingerprint density at radius 3 is 2.77 bits per heavy atom. The molecule has 22 heavy (non-hydrogen) atoms. The Labute approximate surface area is 129 Å². The zero-order valence-corrected chi connectivity index (χ0v) is 12.6. The number of nitrogens with two attached hydrogens (primary N) is 1. The van der Waals surface area contributed by atoms with Gasteiger partial charge in [0.05, 0.1) is 19.4 Å². The number of nitrogens with one attached hydrogen (secondary N) is 1. The number of methoxy groups -OCH3 is 1. The van der Waals surface area contributed by atoms with Crippen molar-refractivity contribution in [2.75, 3.05) is 19.0 Å². The van der Waals surface area contributed by atoms with Crippen LogP contribution >= 0.6 is 0 Å². The lowest BCUT2D eigenvalue weighted by Gasteiger charge is -2.12. The Morgan fingerprint density at radius 1 is 1.27 bits per heavy atom. The molecule has 0 spiro atoms. The van der Waals surface area contributed by atoms with E-state index in [0.717, 1.165) is 0 Å². The molecule has 2 rings (SSSR count). The van der Waals surface area contributed by atoms with Gasteiger partial charge in [-0.1, -0.05) is 0 Å². The third-order valence-corrected chi connectivity index (χ3v) is 3.01. The summed E-state index contributed by atoms with van der Waals surface area (Å²) in [4.78, 5) is 16.3. The molecule has 3 N–H and O–H groups in total. The van der Waals surface area contributed by atoms with Crippen molar-refractivity contribution in [1.82, 2.24) is 4.98 Å². The van der Waals surface area contributed by atoms with Crippen LogP contribution in [0.2, 0.25) is 0 Å². The van der Waals surface area contributed by atoms with Gasteiger partial charge in [0.25, 0.3) is 5.91 Å². The lowest BCUT2D eigenvalue weighted by Crippen LogP contribution is -2.13. The molecule has 1 amide bonds. The summed E-state index contributed by atoms with van der Waals surface area (Å²) in [7, 11) is 1.57. The number of carbonyl (C=O) groups excluding carboxylic acids is 1. The van der Waals surface area contributed by atoms with Gasteiger partial charge < -0.3 is 20.5 Å². The molecular formula is C16H19N3O3. The van der Waals surface area contributed by atoms with E-state index in [2.05, 4.69) is 10.3 Å². The zero-order valence-electron chi connectivity index (χ0n) is 12.6. The molecule has 2 aromatic rings. The van der Waals surface area contributed by atoms with Crippen molar-refractivity contribution in [3.8, 4) is 11.5 Å². The molecule has 0 fully saturated rings. The molecule has 0 aliphatic carbocycles. The molecule has 6 nitrogen and oxygen atoms in total. The summed E-state index contributed by atoms with van der Waals surface area (Å²) in [5.41, 5.74) is 7.33.